The van der Waals surface area contributed by atoms with Crippen LogP contribution in [-0.2, 0) is 11.2 Å². The van der Waals surface area contributed by atoms with E-state index in [1.165, 1.54) is 5.56 Å². The number of amides is 1. The number of carbonyl (C=O) groups is 1. The van der Waals surface area contributed by atoms with Crippen LogP contribution in [0.15, 0.2) is 60.1 Å². The number of benzene rings is 1. The molecule has 0 radical (unpaired) electrons. The third kappa shape index (κ3) is 4.71. The van der Waals surface area contributed by atoms with Gasteiger partial charge in [-0.15, -0.1) is 11.3 Å². The zero-order valence-corrected chi connectivity index (χ0v) is 16.3. The Labute approximate surface area is 163 Å². The molecule has 1 N–H and O–H groups in total. The van der Waals surface area contributed by atoms with E-state index in [-0.39, 0.29) is 18.4 Å². The number of carbonyl (C=O) groups excluding carboxylic acids is 1. The van der Waals surface area contributed by atoms with Crippen molar-refractivity contribution < 1.29 is 4.79 Å². The predicted molar refractivity (Wildman–Crippen MR) is 108 cm³/mol. The van der Waals surface area contributed by atoms with Gasteiger partial charge in [0, 0.05) is 11.1 Å². The van der Waals surface area contributed by atoms with Crippen LogP contribution in [0.3, 0.4) is 0 Å². The van der Waals surface area contributed by atoms with E-state index in [4.69, 9.17) is 11.6 Å². The van der Waals surface area contributed by atoms with Crippen LogP contribution in [0.2, 0.25) is 5.15 Å². The van der Waals surface area contributed by atoms with Gasteiger partial charge in [0.05, 0.1) is 12.5 Å². The molecule has 3 aromatic rings. The Morgan fingerprint density at radius 3 is 2.42 bits per heavy atom. The van der Waals surface area contributed by atoms with E-state index < -0.39 is 0 Å². The summed E-state index contributed by atoms with van der Waals surface area (Å²) < 4.78 is 0. The summed E-state index contributed by atoms with van der Waals surface area (Å²) in [5, 5.41) is 5.61. The molecule has 0 fully saturated rings. The number of pyridine rings is 1. The molecule has 0 saturated carbocycles. The lowest BCUT2D eigenvalue weighted by molar-refractivity contribution is -0.120. The molecule has 1 amide bonds. The van der Waals surface area contributed by atoms with Gasteiger partial charge >= 0.3 is 0 Å². The minimum atomic E-state index is -0.149. The third-order valence-corrected chi connectivity index (χ3v) is 5.38. The van der Waals surface area contributed by atoms with E-state index in [9.17, 15) is 4.79 Å². The van der Waals surface area contributed by atoms with Crippen molar-refractivity contribution in [2.45, 2.75) is 32.2 Å². The van der Waals surface area contributed by atoms with Gasteiger partial charge in [-0.25, -0.2) is 4.98 Å². The fourth-order valence-corrected chi connectivity index (χ4v) is 3.67. The molecule has 1 unspecified atom stereocenters. The minimum absolute atomic E-state index is 0.0412. The second kappa shape index (κ2) is 8.47. The van der Waals surface area contributed by atoms with Crippen LogP contribution in [0, 0.1) is 0 Å². The normalized spacial score (nSPS) is 12.2. The number of aromatic nitrogens is 1. The summed E-state index contributed by atoms with van der Waals surface area (Å²) in [5.74, 6) is 0.441. The Morgan fingerprint density at radius 1 is 1.12 bits per heavy atom. The van der Waals surface area contributed by atoms with Gasteiger partial charge in [-0.1, -0.05) is 61.8 Å². The summed E-state index contributed by atoms with van der Waals surface area (Å²) in [5.41, 5.74) is 3.21. The van der Waals surface area contributed by atoms with Gasteiger partial charge in [-0.3, -0.25) is 4.79 Å². The molecule has 0 aliphatic carbocycles. The predicted octanol–water partition coefficient (Wildman–Crippen LogP) is 5.37. The Kier molecular flexibility index (Phi) is 6.07. The molecule has 2 heterocycles. The van der Waals surface area contributed by atoms with Gasteiger partial charge in [0.2, 0.25) is 5.91 Å². The minimum Gasteiger partial charge on any atom is -0.344 e. The first-order valence-corrected chi connectivity index (χ1v) is 9.81. The maximum absolute atomic E-state index is 12.6. The molecule has 2 aromatic heterocycles. The van der Waals surface area contributed by atoms with Crippen molar-refractivity contribution in [1.29, 1.82) is 0 Å². The zero-order chi connectivity index (χ0) is 18.5. The highest BCUT2D eigenvalue weighted by Crippen LogP contribution is 2.27. The quantitative estimate of drug-likeness (QED) is 0.580. The van der Waals surface area contributed by atoms with Crippen LogP contribution in [0.25, 0.3) is 0 Å². The highest BCUT2D eigenvalue weighted by atomic mass is 35.5. The zero-order valence-electron chi connectivity index (χ0n) is 14.8. The molecule has 0 spiro atoms. The van der Waals surface area contributed by atoms with Crippen molar-refractivity contribution in [3.63, 3.8) is 0 Å². The molecule has 5 heteroatoms. The smallest absolute Gasteiger partial charge is 0.225 e. The van der Waals surface area contributed by atoms with E-state index in [0.717, 1.165) is 16.0 Å². The highest BCUT2D eigenvalue weighted by molar-refractivity contribution is 7.10. The molecule has 0 aliphatic rings. The summed E-state index contributed by atoms with van der Waals surface area (Å²) >= 11 is 7.45. The van der Waals surface area contributed by atoms with E-state index in [0.29, 0.717) is 11.1 Å². The van der Waals surface area contributed by atoms with Crippen molar-refractivity contribution in [1.82, 2.24) is 10.3 Å². The van der Waals surface area contributed by atoms with E-state index in [1.807, 2.05) is 17.5 Å². The van der Waals surface area contributed by atoms with Crippen LogP contribution < -0.4 is 5.32 Å². The molecule has 1 atom stereocenters. The van der Waals surface area contributed by atoms with Crippen molar-refractivity contribution >= 4 is 28.8 Å². The standard InChI is InChI=1S/C21H21ClN2OS/c1-14(2)16-6-8-17(9-7-16)21(18-4-3-11-26-18)24-20(25)12-15-5-10-19(22)23-13-15/h3-11,13-14,21H,12H2,1-2H3,(H,24,25). The molecule has 0 saturated heterocycles. The van der Waals surface area contributed by atoms with Crippen molar-refractivity contribution in [2.24, 2.45) is 0 Å². The van der Waals surface area contributed by atoms with Gasteiger partial charge in [0.25, 0.3) is 0 Å². The van der Waals surface area contributed by atoms with Gasteiger partial charge in [-0.05, 0) is 40.1 Å². The largest absolute Gasteiger partial charge is 0.344 e. The maximum atomic E-state index is 12.6. The van der Waals surface area contributed by atoms with Crippen molar-refractivity contribution in [3.8, 4) is 0 Å². The van der Waals surface area contributed by atoms with Gasteiger partial charge in [0.1, 0.15) is 5.15 Å². The summed E-state index contributed by atoms with van der Waals surface area (Å²) in [7, 11) is 0. The molecular weight excluding hydrogens is 364 g/mol. The lowest BCUT2D eigenvalue weighted by Gasteiger charge is -2.19. The van der Waals surface area contributed by atoms with Crippen LogP contribution >= 0.6 is 22.9 Å². The van der Waals surface area contributed by atoms with Crippen molar-refractivity contribution in [3.05, 3.63) is 86.8 Å². The SMILES string of the molecule is CC(C)c1ccc(C(NC(=O)Cc2ccc(Cl)nc2)c2cccs2)cc1. The Morgan fingerprint density at radius 2 is 1.85 bits per heavy atom. The first-order valence-electron chi connectivity index (χ1n) is 8.56. The summed E-state index contributed by atoms with van der Waals surface area (Å²) in [6.07, 6.45) is 1.91. The molecule has 1 aromatic carbocycles. The van der Waals surface area contributed by atoms with Crippen LogP contribution in [-0.4, -0.2) is 10.9 Å². The van der Waals surface area contributed by atoms with E-state index in [2.05, 4.69) is 54.5 Å². The second-order valence-corrected chi connectivity index (χ2v) is 7.87. The van der Waals surface area contributed by atoms with Gasteiger partial charge < -0.3 is 5.32 Å². The van der Waals surface area contributed by atoms with Crippen LogP contribution in [0.1, 0.15) is 47.4 Å². The third-order valence-electron chi connectivity index (χ3n) is 4.22. The molecule has 0 aliphatic heterocycles. The fraction of sp³-hybridized carbons (Fsp3) is 0.238. The lowest BCUT2D eigenvalue weighted by atomic mass is 9.98. The molecule has 3 nitrogen and oxygen atoms in total. The Balaban J connectivity index is 1.78. The van der Waals surface area contributed by atoms with Gasteiger partial charge in [0.15, 0.2) is 0 Å². The molecular formula is C21H21ClN2OS. The number of hydrogen-bond acceptors (Lipinski definition) is 3. The number of halogens is 1. The molecule has 3 rings (SSSR count). The number of nitrogens with zero attached hydrogens (tertiary/aromatic N) is 1. The lowest BCUT2D eigenvalue weighted by Crippen LogP contribution is -2.30. The monoisotopic (exact) mass is 384 g/mol. The number of thiophene rings is 1. The van der Waals surface area contributed by atoms with E-state index in [1.54, 1.807) is 23.6 Å². The fourth-order valence-electron chi connectivity index (χ4n) is 2.76. The first-order chi connectivity index (χ1) is 12.5. The molecule has 0 bridgehead atoms. The molecule has 26 heavy (non-hydrogen) atoms. The number of rotatable bonds is 6. The summed E-state index contributed by atoms with van der Waals surface area (Å²) in [6, 6.07) is 15.9. The number of nitrogens with one attached hydrogen (secondary N) is 1. The second-order valence-electron chi connectivity index (χ2n) is 6.50. The van der Waals surface area contributed by atoms with E-state index >= 15 is 0 Å². The average Bonchev–Trinajstić information content (AvgIpc) is 3.16. The van der Waals surface area contributed by atoms with Crippen molar-refractivity contribution in [2.75, 3.05) is 0 Å². The summed E-state index contributed by atoms with van der Waals surface area (Å²) in [4.78, 5) is 17.7. The maximum Gasteiger partial charge on any atom is 0.225 e. The van der Waals surface area contributed by atoms with Crippen LogP contribution in [0.5, 0.6) is 0 Å². The average molecular weight is 385 g/mol. The molecule has 134 valence electrons. The number of hydrogen-bond donors (Lipinski definition) is 1. The Hall–Kier alpha value is -2.17. The topological polar surface area (TPSA) is 42.0 Å². The first kappa shape index (κ1) is 18.6. The van der Waals surface area contributed by atoms with Crippen LogP contribution in [0.4, 0.5) is 0 Å². The van der Waals surface area contributed by atoms with Gasteiger partial charge in [-0.2, -0.15) is 0 Å². The highest BCUT2D eigenvalue weighted by Gasteiger charge is 2.18. The summed E-state index contributed by atoms with van der Waals surface area (Å²) in [6.45, 7) is 4.35. The Bertz CT molecular complexity index is 843.